The Morgan fingerprint density at radius 3 is 2.20 bits per heavy atom. The summed E-state index contributed by atoms with van der Waals surface area (Å²) in [5.41, 5.74) is 0. The fourth-order valence-electron chi connectivity index (χ4n) is 2.90. The van der Waals surface area contributed by atoms with Gasteiger partial charge < -0.3 is 5.32 Å². The van der Waals surface area contributed by atoms with E-state index in [2.05, 4.69) is 37.9 Å². The van der Waals surface area contributed by atoms with Crippen molar-refractivity contribution in [2.24, 2.45) is 17.8 Å². The lowest BCUT2D eigenvalue weighted by Crippen LogP contribution is -2.47. The molecule has 2 heteroatoms. The molecule has 0 aliphatic carbocycles. The maximum Gasteiger partial charge on any atom is 0.0105 e. The molecule has 0 spiro atoms. The van der Waals surface area contributed by atoms with Gasteiger partial charge in [-0.05, 0) is 44.7 Å². The van der Waals surface area contributed by atoms with Crippen LogP contribution in [0.3, 0.4) is 0 Å². The van der Waals surface area contributed by atoms with Crippen molar-refractivity contribution < 1.29 is 0 Å². The standard InChI is InChI=1S/C13H28N2/c1-10-6-11(2)9-15(8-10)13(4)12(3)7-14-5/h10-14H,6-9H2,1-5H3. The molecule has 0 amide bonds. The smallest absolute Gasteiger partial charge is 0.0105 e. The zero-order valence-corrected chi connectivity index (χ0v) is 11.1. The molecule has 0 saturated carbocycles. The SMILES string of the molecule is CNCC(C)C(C)N1CC(C)CC(C)C1. The van der Waals surface area contributed by atoms with Crippen LogP contribution in [0.25, 0.3) is 0 Å². The summed E-state index contributed by atoms with van der Waals surface area (Å²) < 4.78 is 0. The van der Waals surface area contributed by atoms with Crippen LogP contribution in [0.5, 0.6) is 0 Å². The van der Waals surface area contributed by atoms with Gasteiger partial charge in [0.05, 0.1) is 0 Å². The molecule has 0 aromatic heterocycles. The lowest BCUT2D eigenvalue weighted by Gasteiger charge is -2.41. The first-order valence-corrected chi connectivity index (χ1v) is 6.43. The Balaban J connectivity index is 2.47. The van der Waals surface area contributed by atoms with Gasteiger partial charge in [-0.2, -0.15) is 0 Å². The van der Waals surface area contributed by atoms with Crippen molar-refractivity contribution in [3.63, 3.8) is 0 Å². The van der Waals surface area contributed by atoms with E-state index in [-0.39, 0.29) is 0 Å². The molecular formula is C13H28N2. The third-order valence-corrected chi connectivity index (χ3v) is 3.82. The average molecular weight is 212 g/mol. The first-order chi connectivity index (χ1) is 7.04. The molecule has 1 aliphatic rings. The lowest BCUT2D eigenvalue weighted by atomic mass is 9.89. The summed E-state index contributed by atoms with van der Waals surface area (Å²) >= 11 is 0. The quantitative estimate of drug-likeness (QED) is 0.768. The Morgan fingerprint density at radius 2 is 1.73 bits per heavy atom. The number of nitrogens with zero attached hydrogens (tertiary/aromatic N) is 1. The van der Waals surface area contributed by atoms with Gasteiger partial charge in [0.1, 0.15) is 0 Å². The molecule has 1 rings (SSSR count). The maximum absolute atomic E-state index is 3.28. The van der Waals surface area contributed by atoms with Crippen molar-refractivity contribution in [1.29, 1.82) is 0 Å². The first kappa shape index (κ1) is 13.0. The first-order valence-electron chi connectivity index (χ1n) is 6.43. The van der Waals surface area contributed by atoms with Crippen molar-refractivity contribution in [3.05, 3.63) is 0 Å². The summed E-state index contributed by atoms with van der Waals surface area (Å²) in [5.74, 6) is 2.49. The second-order valence-corrected chi connectivity index (χ2v) is 5.68. The van der Waals surface area contributed by atoms with Gasteiger partial charge >= 0.3 is 0 Å². The summed E-state index contributed by atoms with van der Waals surface area (Å²) in [6.45, 7) is 13.2. The van der Waals surface area contributed by atoms with Crippen molar-refractivity contribution in [2.45, 2.75) is 40.2 Å². The van der Waals surface area contributed by atoms with Crippen LogP contribution in [0.1, 0.15) is 34.1 Å². The molecule has 1 saturated heterocycles. The Hall–Kier alpha value is -0.0800. The van der Waals surface area contributed by atoms with E-state index in [0.29, 0.717) is 6.04 Å². The Kier molecular flexibility index (Phi) is 5.07. The molecule has 1 N–H and O–H groups in total. The lowest BCUT2D eigenvalue weighted by molar-refractivity contribution is 0.0780. The van der Waals surface area contributed by atoms with Gasteiger partial charge in [-0.3, -0.25) is 4.90 Å². The minimum Gasteiger partial charge on any atom is -0.319 e. The molecule has 2 nitrogen and oxygen atoms in total. The van der Waals surface area contributed by atoms with Gasteiger partial charge in [0.25, 0.3) is 0 Å². The van der Waals surface area contributed by atoms with E-state index in [1.807, 2.05) is 7.05 Å². The molecule has 0 aromatic rings. The second kappa shape index (κ2) is 5.86. The molecule has 4 unspecified atom stereocenters. The van der Waals surface area contributed by atoms with Crippen LogP contribution in [0.15, 0.2) is 0 Å². The summed E-state index contributed by atoms with van der Waals surface area (Å²) in [4.78, 5) is 2.68. The largest absolute Gasteiger partial charge is 0.319 e. The number of hydrogen-bond acceptors (Lipinski definition) is 2. The molecule has 0 bridgehead atoms. The van der Waals surface area contributed by atoms with Gasteiger partial charge in [0.2, 0.25) is 0 Å². The predicted octanol–water partition coefficient (Wildman–Crippen LogP) is 2.21. The fraction of sp³-hybridized carbons (Fsp3) is 1.00. The van der Waals surface area contributed by atoms with E-state index in [0.717, 1.165) is 24.3 Å². The minimum absolute atomic E-state index is 0.711. The number of piperidine rings is 1. The summed E-state index contributed by atoms with van der Waals surface area (Å²) in [7, 11) is 2.05. The molecule has 15 heavy (non-hydrogen) atoms. The third-order valence-electron chi connectivity index (χ3n) is 3.82. The number of likely N-dealkylation sites (tertiary alicyclic amines) is 1. The van der Waals surface area contributed by atoms with Crippen LogP contribution in [0, 0.1) is 17.8 Å². The molecule has 0 aromatic carbocycles. The van der Waals surface area contributed by atoms with Crippen molar-refractivity contribution in [1.82, 2.24) is 10.2 Å². The summed E-state index contributed by atoms with van der Waals surface area (Å²) in [6.07, 6.45) is 1.41. The highest BCUT2D eigenvalue weighted by atomic mass is 15.2. The predicted molar refractivity (Wildman–Crippen MR) is 67.1 cm³/mol. The second-order valence-electron chi connectivity index (χ2n) is 5.68. The van der Waals surface area contributed by atoms with Crippen LogP contribution in [-0.4, -0.2) is 37.6 Å². The highest BCUT2D eigenvalue weighted by Crippen LogP contribution is 2.24. The van der Waals surface area contributed by atoms with Crippen LogP contribution >= 0.6 is 0 Å². The minimum atomic E-state index is 0.711. The zero-order chi connectivity index (χ0) is 11.4. The molecule has 1 fully saturated rings. The van der Waals surface area contributed by atoms with Crippen molar-refractivity contribution >= 4 is 0 Å². The van der Waals surface area contributed by atoms with Gasteiger partial charge in [-0.25, -0.2) is 0 Å². The van der Waals surface area contributed by atoms with Crippen LogP contribution in [0.2, 0.25) is 0 Å². The monoisotopic (exact) mass is 212 g/mol. The van der Waals surface area contributed by atoms with Gasteiger partial charge in [-0.15, -0.1) is 0 Å². The van der Waals surface area contributed by atoms with E-state index in [4.69, 9.17) is 0 Å². The van der Waals surface area contributed by atoms with E-state index in [1.165, 1.54) is 19.5 Å². The highest BCUT2D eigenvalue weighted by molar-refractivity contribution is 4.81. The summed E-state index contributed by atoms with van der Waals surface area (Å²) in [5, 5.41) is 3.28. The molecule has 1 heterocycles. The molecule has 1 aliphatic heterocycles. The molecule has 4 atom stereocenters. The Bertz CT molecular complexity index is 171. The van der Waals surface area contributed by atoms with Crippen molar-refractivity contribution in [3.8, 4) is 0 Å². The number of rotatable bonds is 4. The van der Waals surface area contributed by atoms with E-state index < -0.39 is 0 Å². The van der Waals surface area contributed by atoms with Crippen LogP contribution < -0.4 is 5.32 Å². The number of nitrogens with one attached hydrogen (secondary N) is 1. The van der Waals surface area contributed by atoms with E-state index in [9.17, 15) is 0 Å². The molecule has 90 valence electrons. The van der Waals surface area contributed by atoms with Gasteiger partial charge in [0, 0.05) is 19.1 Å². The number of hydrogen-bond donors (Lipinski definition) is 1. The third kappa shape index (κ3) is 3.76. The van der Waals surface area contributed by atoms with Crippen molar-refractivity contribution in [2.75, 3.05) is 26.7 Å². The highest BCUT2D eigenvalue weighted by Gasteiger charge is 2.27. The topological polar surface area (TPSA) is 15.3 Å². The Morgan fingerprint density at radius 1 is 1.20 bits per heavy atom. The van der Waals surface area contributed by atoms with Gasteiger partial charge in [-0.1, -0.05) is 20.8 Å². The van der Waals surface area contributed by atoms with E-state index >= 15 is 0 Å². The molecule has 0 radical (unpaired) electrons. The zero-order valence-electron chi connectivity index (χ0n) is 11.1. The van der Waals surface area contributed by atoms with Crippen LogP contribution in [-0.2, 0) is 0 Å². The fourth-order valence-corrected chi connectivity index (χ4v) is 2.90. The van der Waals surface area contributed by atoms with Gasteiger partial charge in [0.15, 0.2) is 0 Å². The Labute approximate surface area is 95.4 Å². The normalized spacial score (nSPS) is 32.6. The van der Waals surface area contributed by atoms with E-state index in [1.54, 1.807) is 0 Å². The van der Waals surface area contributed by atoms with Crippen LogP contribution in [0.4, 0.5) is 0 Å². The molecular weight excluding hydrogens is 184 g/mol. The summed E-state index contributed by atoms with van der Waals surface area (Å²) in [6, 6.07) is 0.711. The maximum atomic E-state index is 3.28. The average Bonchev–Trinajstić information content (AvgIpc) is 2.15.